The molecule has 0 radical (unpaired) electrons. The van der Waals surface area contributed by atoms with E-state index in [1.807, 2.05) is 6.92 Å². The Morgan fingerprint density at radius 1 is 1.36 bits per heavy atom. The van der Waals surface area contributed by atoms with Gasteiger partial charge in [-0.15, -0.1) is 0 Å². The van der Waals surface area contributed by atoms with Gasteiger partial charge in [-0.05, 0) is 24.0 Å². The largest absolute Gasteiger partial charge is 0.494 e. The Labute approximate surface area is 82.3 Å². The Hall–Kier alpha value is -1.07. The highest BCUT2D eigenvalue weighted by atomic mass is 19.1. The Morgan fingerprint density at radius 3 is 2.64 bits per heavy atom. The van der Waals surface area contributed by atoms with E-state index in [2.05, 4.69) is 0 Å². The van der Waals surface area contributed by atoms with Crippen molar-refractivity contribution in [1.29, 1.82) is 0 Å². The van der Waals surface area contributed by atoms with Gasteiger partial charge < -0.3 is 14.8 Å². The molecule has 0 aliphatic rings. The number of hydrogen-bond donors (Lipinski definition) is 2. The normalized spacial score (nSPS) is 10.0. The van der Waals surface area contributed by atoms with E-state index in [1.54, 1.807) is 0 Å². The molecular weight excluding hydrogens is 186 g/mol. The molecule has 3 nitrogen and oxygen atoms in total. The van der Waals surface area contributed by atoms with Crippen LogP contribution in [0.25, 0.3) is 0 Å². The van der Waals surface area contributed by atoms with Crippen molar-refractivity contribution < 1.29 is 19.2 Å². The Balaban J connectivity index is 2.84. The van der Waals surface area contributed by atoms with Crippen LogP contribution in [0.3, 0.4) is 0 Å². The molecule has 1 rings (SSSR count). The summed E-state index contributed by atoms with van der Waals surface area (Å²) in [6.45, 7) is 2.41. The lowest BCUT2D eigenvalue weighted by molar-refractivity contribution is 0.316. The van der Waals surface area contributed by atoms with E-state index < -0.39 is 12.9 Å². The molecule has 0 spiro atoms. The van der Waals surface area contributed by atoms with Crippen molar-refractivity contribution in [3.05, 3.63) is 24.0 Å². The van der Waals surface area contributed by atoms with Gasteiger partial charge in [0.2, 0.25) is 0 Å². The summed E-state index contributed by atoms with van der Waals surface area (Å²) in [6.07, 6.45) is 0.813. The molecule has 0 saturated carbocycles. The van der Waals surface area contributed by atoms with E-state index in [9.17, 15) is 4.39 Å². The zero-order valence-corrected chi connectivity index (χ0v) is 7.90. The van der Waals surface area contributed by atoms with Gasteiger partial charge >= 0.3 is 7.12 Å². The van der Waals surface area contributed by atoms with Crippen LogP contribution in [0.1, 0.15) is 13.3 Å². The highest BCUT2D eigenvalue weighted by Crippen LogP contribution is 2.11. The van der Waals surface area contributed by atoms with Gasteiger partial charge in [0.25, 0.3) is 0 Å². The summed E-state index contributed by atoms with van der Waals surface area (Å²) in [5.74, 6) is -0.225. The topological polar surface area (TPSA) is 49.7 Å². The van der Waals surface area contributed by atoms with Gasteiger partial charge in [0.15, 0.2) is 0 Å². The Bertz CT molecular complexity index is 304. The number of benzene rings is 1. The van der Waals surface area contributed by atoms with Crippen LogP contribution in [0.5, 0.6) is 5.75 Å². The minimum Gasteiger partial charge on any atom is -0.494 e. The summed E-state index contributed by atoms with van der Waals surface area (Å²) >= 11 is 0. The van der Waals surface area contributed by atoms with Gasteiger partial charge in [0.05, 0.1) is 6.61 Å². The number of halogens is 1. The average molecular weight is 198 g/mol. The summed E-state index contributed by atoms with van der Waals surface area (Å²) in [7, 11) is -1.67. The smallest absolute Gasteiger partial charge is 0.488 e. The number of ether oxygens (including phenoxy) is 1. The molecular formula is C9H12BFO3. The second-order valence-corrected chi connectivity index (χ2v) is 2.94. The SMILES string of the molecule is CCCOc1cc(F)cc(B(O)O)c1. The lowest BCUT2D eigenvalue weighted by Crippen LogP contribution is -2.30. The van der Waals surface area contributed by atoms with Crippen LogP contribution in [0, 0.1) is 5.82 Å². The molecule has 0 unspecified atom stereocenters. The second-order valence-electron chi connectivity index (χ2n) is 2.94. The lowest BCUT2D eigenvalue weighted by atomic mass is 9.80. The summed E-state index contributed by atoms with van der Waals surface area (Å²) in [4.78, 5) is 0. The third kappa shape index (κ3) is 3.01. The third-order valence-electron chi connectivity index (χ3n) is 1.66. The van der Waals surface area contributed by atoms with Gasteiger partial charge in [-0.25, -0.2) is 4.39 Å². The molecule has 14 heavy (non-hydrogen) atoms. The minimum atomic E-state index is -1.67. The first-order valence-corrected chi connectivity index (χ1v) is 4.43. The monoisotopic (exact) mass is 198 g/mol. The van der Waals surface area contributed by atoms with Crippen LogP contribution >= 0.6 is 0 Å². The zero-order valence-electron chi connectivity index (χ0n) is 7.90. The van der Waals surface area contributed by atoms with Crippen LogP contribution in [-0.4, -0.2) is 23.8 Å². The molecule has 0 aromatic heterocycles. The second kappa shape index (κ2) is 4.98. The molecule has 0 heterocycles. The van der Waals surface area contributed by atoms with Gasteiger partial charge in [-0.3, -0.25) is 0 Å². The van der Waals surface area contributed by atoms with Crippen molar-refractivity contribution in [1.82, 2.24) is 0 Å². The van der Waals surface area contributed by atoms with Crippen LogP contribution in [0.15, 0.2) is 18.2 Å². The molecule has 5 heteroatoms. The first-order chi connectivity index (χ1) is 6.63. The lowest BCUT2D eigenvalue weighted by Gasteiger charge is -2.06. The maximum Gasteiger partial charge on any atom is 0.488 e. The summed E-state index contributed by atoms with van der Waals surface area (Å²) < 4.78 is 18.1. The first-order valence-electron chi connectivity index (χ1n) is 4.43. The Kier molecular flexibility index (Phi) is 3.91. The van der Waals surface area contributed by atoms with Crippen molar-refractivity contribution in [3.8, 4) is 5.75 Å². The summed E-state index contributed by atoms with van der Waals surface area (Å²) in [6, 6.07) is 3.68. The fourth-order valence-electron chi connectivity index (χ4n) is 1.04. The molecule has 0 aliphatic heterocycles. The number of rotatable bonds is 4. The highest BCUT2D eigenvalue weighted by molar-refractivity contribution is 6.58. The highest BCUT2D eigenvalue weighted by Gasteiger charge is 2.13. The van der Waals surface area contributed by atoms with Crippen LogP contribution in [-0.2, 0) is 0 Å². The molecule has 1 aromatic carbocycles. The van der Waals surface area contributed by atoms with E-state index in [0.29, 0.717) is 12.4 Å². The van der Waals surface area contributed by atoms with Crippen molar-refractivity contribution in [3.63, 3.8) is 0 Å². The van der Waals surface area contributed by atoms with E-state index >= 15 is 0 Å². The molecule has 0 aliphatic carbocycles. The van der Waals surface area contributed by atoms with Gasteiger partial charge in [0, 0.05) is 6.07 Å². The Morgan fingerprint density at radius 2 is 2.07 bits per heavy atom. The minimum absolute atomic E-state index is 0.0936. The van der Waals surface area contributed by atoms with Gasteiger partial charge in [0.1, 0.15) is 11.6 Å². The molecule has 0 atom stereocenters. The number of hydrogen-bond acceptors (Lipinski definition) is 3. The fraction of sp³-hybridized carbons (Fsp3) is 0.333. The van der Waals surface area contributed by atoms with E-state index in [0.717, 1.165) is 12.5 Å². The summed E-state index contributed by atoms with van der Waals surface area (Å²) in [5, 5.41) is 17.7. The van der Waals surface area contributed by atoms with Crippen molar-refractivity contribution in [2.75, 3.05) is 6.61 Å². The fourth-order valence-corrected chi connectivity index (χ4v) is 1.04. The van der Waals surface area contributed by atoms with Crippen LogP contribution in [0.2, 0.25) is 0 Å². The predicted molar refractivity (Wildman–Crippen MR) is 52.0 cm³/mol. The maximum absolute atomic E-state index is 12.9. The van der Waals surface area contributed by atoms with Gasteiger partial charge in [-0.1, -0.05) is 6.92 Å². The zero-order chi connectivity index (χ0) is 10.6. The van der Waals surface area contributed by atoms with Crippen molar-refractivity contribution in [2.24, 2.45) is 0 Å². The van der Waals surface area contributed by atoms with E-state index in [-0.39, 0.29) is 5.46 Å². The average Bonchev–Trinajstić information content (AvgIpc) is 2.14. The molecule has 0 amide bonds. The predicted octanol–water partition coefficient (Wildman–Crippen LogP) is 0.294. The van der Waals surface area contributed by atoms with Gasteiger partial charge in [-0.2, -0.15) is 0 Å². The molecule has 1 aromatic rings. The molecule has 2 N–H and O–H groups in total. The van der Waals surface area contributed by atoms with Crippen molar-refractivity contribution in [2.45, 2.75) is 13.3 Å². The molecule has 0 fully saturated rings. The maximum atomic E-state index is 12.9. The standard InChI is InChI=1S/C9H12BFO3/c1-2-3-14-9-5-7(10(12)13)4-8(11)6-9/h4-6,12-13H,2-3H2,1H3. The molecule has 0 saturated heterocycles. The van der Waals surface area contributed by atoms with E-state index in [1.165, 1.54) is 12.1 Å². The van der Waals surface area contributed by atoms with Crippen molar-refractivity contribution >= 4 is 12.6 Å². The summed E-state index contributed by atoms with van der Waals surface area (Å²) in [5.41, 5.74) is 0.0936. The van der Waals surface area contributed by atoms with E-state index in [4.69, 9.17) is 14.8 Å². The molecule has 76 valence electrons. The first kappa shape index (κ1) is 11.0. The quantitative estimate of drug-likeness (QED) is 0.683. The third-order valence-corrected chi connectivity index (χ3v) is 1.66. The van der Waals surface area contributed by atoms with Crippen LogP contribution < -0.4 is 10.2 Å². The molecule has 0 bridgehead atoms. The van der Waals surface area contributed by atoms with Crippen LogP contribution in [0.4, 0.5) is 4.39 Å².